The molecule has 0 amide bonds. The van der Waals surface area contributed by atoms with Crippen molar-refractivity contribution in [2.24, 2.45) is 11.7 Å². The molecule has 1 atom stereocenters. The molecule has 1 aromatic carbocycles. The van der Waals surface area contributed by atoms with Gasteiger partial charge in [-0.1, -0.05) is 18.6 Å². The molecule has 76 valence electrons. The van der Waals surface area contributed by atoms with E-state index in [9.17, 15) is 4.39 Å². The highest BCUT2D eigenvalue weighted by molar-refractivity contribution is 9.10. The molecule has 0 heterocycles. The number of benzene rings is 1. The number of rotatable bonds is 2. The molecule has 2 N–H and O–H groups in total. The summed E-state index contributed by atoms with van der Waals surface area (Å²) in [5.74, 6) is 0.269. The van der Waals surface area contributed by atoms with Crippen molar-refractivity contribution < 1.29 is 4.39 Å². The first-order chi connectivity index (χ1) is 6.70. The van der Waals surface area contributed by atoms with E-state index in [4.69, 9.17) is 5.73 Å². The van der Waals surface area contributed by atoms with Gasteiger partial charge in [-0.3, -0.25) is 0 Å². The van der Waals surface area contributed by atoms with E-state index in [-0.39, 0.29) is 11.9 Å². The Kier molecular flexibility index (Phi) is 2.88. The van der Waals surface area contributed by atoms with Gasteiger partial charge in [-0.2, -0.15) is 0 Å². The van der Waals surface area contributed by atoms with Crippen LogP contribution in [0.25, 0.3) is 0 Å². The first-order valence-corrected chi connectivity index (χ1v) is 5.69. The molecule has 0 spiro atoms. The number of hydrogen-bond donors (Lipinski definition) is 1. The van der Waals surface area contributed by atoms with Gasteiger partial charge < -0.3 is 5.73 Å². The van der Waals surface area contributed by atoms with Gasteiger partial charge in [0.2, 0.25) is 0 Å². The Labute approximate surface area is 91.6 Å². The summed E-state index contributed by atoms with van der Waals surface area (Å²) in [5.41, 5.74) is 6.65. The zero-order valence-electron chi connectivity index (χ0n) is 7.84. The Balaban J connectivity index is 2.26. The van der Waals surface area contributed by atoms with Crippen molar-refractivity contribution in [2.45, 2.75) is 25.3 Å². The van der Waals surface area contributed by atoms with Gasteiger partial charge in [0, 0.05) is 11.6 Å². The summed E-state index contributed by atoms with van der Waals surface area (Å²) < 4.78 is 14.2. The topological polar surface area (TPSA) is 26.0 Å². The van der Waals surface area contributed by atoms with Crippen LogP contribution in [0.2, 0.25) is 0 Å². The Morgan fingerprint density at radius 3 is 2.71 bits per heavy atom. The molecular formula is C11H13BrFN. The highest BCUT2D eigenvalue weighted by atomic mass is 79.9. The molecule has 1 fully saturated rings. The van der Waals surface area contributed by atoms with E-state index in [1.165, 1.54) is 6.42 Å². The summed E-state index contributed by atoms with van der Waals surface area (Å²) >= 11 is 3.17. The largest absolute Gasteiger partial charge is 0.324 e. The summed E-state index contributed by atoms with van der Waals surface area (Å²) in [5, 5.41) is 0. The van der Waals surface area contributed by atoms with Crippen molar-refractivity contribution in [1.29, 1.82) is 0 Å². The van der Waals surface area contributed by atoms with Gasteiger partial charge in [-0.25, -0.2) is 4.39 Å². The minimum absolute atomic E-state index is 0.138. The molecule has 0 aliphatic heterocycles. The minimum atomic E-state index is -0.202. The van der Waals surface area contributed by atoms with E-state index in [1.54, 1.807) is 12.1 Å². The Morgan fingerprint density at radius 2 is 2.14 bits per heavy atom. The van der Waals surface area contributed by atoms with Gasteiger partial charge in [0.15, 0.2) is 0 Å². The van der Waals surface area contributed by atoms with E-state index in [0.717, 1.165) is 12.8 Å². The van der Waals surface area contributed by atoms with Crippen LogP contribution in [-0.2, 0) is 0 Å². The fraction of sp³-hybridized carbons (Fsp3) is 0.455. The lowest BCUT2D eigenvalue weighted by Gasteiger charge is -2.31. The lowest BCUT2D eigenvalue weighted by atomic mass is 9.77. The van der Waals surface area contributed by atoms with Gasteiger partial charge in [-0.15, -0.1) is 0 Å². The van der Waals surface area contributed by atoms with Crippen LogP contribution < -0.4 is 5.73 Å². The van der Waals surface area contributed by atoms with E-state index >= 15 is 0 Å². The maximum atomic E-state index is 13.6. The quantitative estimate of drug-likeness (QED) is 0.864. The Bertz CT molecular complexity index is 336. The molecule has 0 unspecified atom stereocenters. The summed E-state index contributed by atoms with van der Waals surface area (Å²) in [6.07, 6.45) is 3.49. The van der Waals surface area contributed by atoms with Gasteiger partial charge >= 0.3 is 0 Å². The fourth-order valence-corrected chi connectivity index (χ4v) is 2.21. The third-order valence-corrected chi connectivity index (χ3v) is 3.61. The molecule has 1 aliphatic rings. The van der Waals surface area contributed by atoms with E-state index < -0.39 is 0 Å². The van der Waals surface area contributed by atoms with Crippen LogP contribution >= 0.6 is 15.9 Å². The Morgan fingerprint density at radius 1 is 1.43 bits per heavy atom. The lowest BCUT2D eigenvalue weighted by molar-refractivity contribution is 0.260. The summed E-state index contributed by atoms with van der Waals surface area (Å²) in [6, 6.07) is 5.18. The number of nitrogens with two attached hydrogens (primary N) is 1. The predicted octanol–water partition coefficient (Wildman–Crippen LogP) is 3.39. The fourth-order valence-electron chi connectivity index (χ4n) is 1.83. The zero-order valence-corrected chi connectivity index (χ0v) is 9.43. The van der Waals surface area contributed by atoms with Crippen molar-refractivity contribution in [2.75, 3.05) is 0 Å². The van der Waals surface area contributed by atoms with Crippen LogP contribution in [0.15, 0.2) is 22.7 Å². The molecule has 14 heavy (non-hydrogen) atoms. The molecular weight excluding hydrogens is 245 g/mol. The second-order valence-electron chi connectivity index (χ2n) is 3.86. The predicted molar refractivity (Wildman–Crippen MR) is 58.4 cm³/mol. The third-order valence-electron chi connectivity index (χ3n) is 3.00. The molecule has 2 rings (SSSR count). The highest BCUT2D eigenvalue weighted by Gasteiger charge is 2.27. The second-order valence-corrected chi connectivity index (χ2v) is 4.71. The van der Waals surface area contributed by atoms with Crippen LogP contribution in [0.4, 0.5) is 4.39 Å². The summed E-state index contributed by atoms with van der Waals surface area (Å²) in [4.78, 5) is 0. The standard InChI is InChI=1S/C11H13BrFN/c12-9-6-2-5-8(10(9)13)11(14)7-3-1-4-7/h2,5-7,11H,1,3-4,14H2/t11-/m1/s1. The van der Waals surface area contributed by atoms with Crippen LogP contribution in [-0.4, -0.2) is 0 Å². The molecule has 1 aliphatic carbocycles. The first-order valence-electron chi connectivity index (χ1n) is 4.89. The molecule has 0 aromatic heterocycles. The number of halogens is 2. The Hall–Kier alpha value is -0.410. The van der Waals surface area contributed by atoms with Crippen LogP contribution in [0.3, 0.4) is 0 Å². The van der Waals surface area contributed by atoms with Crippen molar-refractivity contribution >= 4 is 15.9 Å². The minimum Gasteiger partial charge on any atom is -0.324 e. The SMILES string of the molecule is N[C@@H](c1cccc(Br)c1F)C1CCC1. The van der Waals surface area contributed by atoms with Crippen molar-refractivity contribution in [3.63, 3.8) is 0 Å². The molecule has 1 nitrogen and oxygen atoms in total. The van der Waals surface area contributed by atoms with Crippen LogP contribution in [0.5, 0.6) is 0 Å². The molecule has 3 heteroatoms. The second kappa shape index (κ2) is 3.99. The van der Waals surface area contributed by atoms with E-state index in [1.807, 2.05) is 6.07 Å². The molecule has 0 bridgehead atoms. The summed E-state index contributed by atoms with van der Waals surface area (Å²) in [7, 11) is 0. The maximum Gasteiger partial charge on any atom is 0.142 e. The monoisotopic (exact) mass is 257 g/mol. The zero-order chi connectivity index (χ0) is 10.1. The maximum absolute atomic E-state index is 13.6. The summed E-state index contributed by atoms with van der Waals surface area (Å²) in [6.45, 7) is 0. The smallest absolute Gasteiger partial charge is 0.142 e. The number of hydrogen-bond acceptors (Lipinski definition) is 1. The average molecular weight is 258 g/mol. The van der Waals surface area contributed by atoms with Crippen LogP contribution in [0, 0.1) is 11.7 Å². The van der Waals surface area contributed by atoms with Gasteiger partial charge in [0.25, 0.3) is 0 Å². The van der Waals surface area contributed by atoms with Crippen molar-refractivity contribution in [3.05, 3.63) is 34.1 Å². The van der Waals surface area contributed by atoms with Gasteiger partial charge in [-0.05, 0) is 40.8 Å². The first kappa shape index (κ1) is 10.1. The average Bonchev–Trinajstić information content (AvgIpc) is 2.06. The van der Waals surface area contributed by atoms with Crippen molar-refractivity contribution in [1.82, 2.24) is 0 Å². The molecule has 0 saturated heterocycles. The molecule has 1 saturated carbocycles. The normalized spacial score (nSPS) is 19.1. The highest BCUT2D eigenvalue weighted by Crippen LogP contribution is 2.37. The van der Waals surface area contributed by atoms with E-state index in [2.05, 4.69) is 15.9 Å². The third kappa shape index (κ3) is 1.71. The van der Waals surface area contributed by atoms with Crippen molar-refractivity contribution in [3.8, 4) is 0 Å². The molecule has 0 radical (unpaired) electrons. The van der Waals surface area contributed by atoms with Gasteiger partial charge in [0.1, 0.15) is 5.82 Å². The van der Waals surface area contributed by atoms with Gasteiger partial charge in [0.05, 0.1) is 4.47 Å². The lowest BCUT2D eigenvalue weighted by Crippen LogP contribution is -2.27. The van der Waals surface area contributed by atoms with Crippen LogP contribution in [0.1, 0.15) is 30.9 Å². The van der Waals surface area contributed by atoms with E-state index in [0.29, 0.717) is 16.0 Å². The molecule has 1 aromatic rings.